The molecule has 0 saturated heterocycles. The fourth-order valence-corrected chi connectivity index (χ4v) is 0.942. The highest BCUT2D eigenvalue weighted by Gasteiger charge is 1.90. The Morgan fingerprint density at radius 1 is 1.27 bits per heavy atom. The lowest BCUT2D eigenvalue weighted by Crippen LogP contribution is -1.85. The molecule has 57 valence electrons. The molecule has 0 aromatic heterocycles. The number of hydrogen-bond donors (Lipinski definition) is 0. The third-order valence-electron chi connectivity index (χ3n) is 1.63. The second-order valence-electron chi connectivity index (χ2n) is 2.40. The molecule has 1 aromatic carbocycles. The van der Waals surface area contributed by atoms with E-state index in [4.69, 9.17) is 0 Å². The first-order valence-corrected chi connectivity index (χ1v) is 3.68. The van der Waals surface area contributed by atoms with Crippen LogP contribution in [0.25, 0.3) is 0 Å². The van der Waals surface area contributed by atoms with E-state index in [0.717, 1.165) is 11.8 Å². The Hall–Kier alpha value is -1.11. The van der Waals surface area contributed by atoms with Crippen LogP contribution in [0.4, 0.5) is 0 Å². The molecule has 1 nitrogen and oxygen atoms in total. The maximum Gasteiger partial charge on any atom is 0.124 e. The summed E-state index contributed by atoms with van der Waals surface area (Å²) in [6, 6.07) is 7.98. The van der Waals surface area contributed by atoms with E-state index in [-0.39, 0.29) is 0 Å². The SMILES string of the molecule is C[CH]c1ccc(CC=O)cc1. The molecular formula is C10H11O. The maximum atomic E-state index is 10.1. The highest BCUT2D eigenvalue weighted by atomic mass is 16.1. The number of rotatable bonds is 3. The van der Waals surface area contributed by atoms with Gasteiger partial charge in [-0.05, 0) is 17.5 Å². The summed E-state index contributed by atoms with van der Waals surface area (Å²) in [4.78, 5) is 10.1. The zero-order chi connectivity index (χ0) is 8.10. The second kappa shape index (κ2) is 3.91. The average molecular weight is 147 g/mol. The van der Waals surface area contributed by atoms with Gasteiger partial charge in [0, 0.05) is 6.42 Å². The highest BCUT2D eigenvalue weighted by molar-refractivity contribution is 5.54. The van der Waals surface area contributed by atoms with Crippen molar-refractivity contribution >= 4 is 6.29 Å². The largest absolute Gasteiger partial charge is 0.303 e. The number of carbonyl (C=O) groups is 1. The first kappa shape index (κ1) is 7.99. The Morgan fingerprint density at radius 2 is 1.91 bits per heavy atom. The minimum atomic E-state index is 0.518. The quantitative estimate of drug-likeness (QED) is 0.597. The third-order valence-corrected chi connectivity index (χ3v) is 1.63. The van der Waals surface area contributed by atoms with Gasteiger partial charge in [-0.25, -0.2) is 0 Å². The first-order valence-electron chi connectivity index (χ1n) is 3.68. The number of carbonyl (C=O) groups excluding carboxylic acids is 1. The summed E-state index contributed by atoms with van der Waals surface area (Å²) in [6.07, 6.45) is 3.47. The van der Waals surface area contributed by atoms with Crippen molar-refractivity contribution in [3.8, 4) is 0 Å². The van der Waals surface area contributed by atoms with Crippen LogP contribution in [0.1, 0.15) is 18.1 Å². The van der Waals surface area contributed by atoms with E-state index in [1.165, 1.54) is 5.56 Å². The molecule has 0 amide bonds. The molecule has 1 aromatic rings. The number of hydrogen-bond acceptors (Lipinski definition) is 1. The van der Waals surface area contributed by atoms with Crippen molar-refractivity contribution < 1.29 is 4.79 Å². The zero-order valence-electron chi connectivity index (χ0n) is 6.58. The van der Waals surface area contributed by atoms with Crippen molar-refractivity contribution in [2.75, 3.05) is 0 Å². The molecule has 0 N–H and O–H groups in total. The van der Waals surface area contributed by atoms with Crippen LogP contribution in [-0.2, 0) is 11.2 Å². The molecule has 0 aliphatic carbocycles. The van der Waals surface area contributed by atoms with E-state index in [1.54, 1.807) is 0 Å². The Morgan fingerprint density at radius 3 is 2.36 bits per heavy atom. The first-order chi connectivity index (χ1) is 5.36. The third kappa shape index (κ3) is 2.19. The second-order valence-corrected chi connectivity index (χ2v) is 2.40. The number of benzene rings is 1. The normalized spacial score (nSPS) is 9.55. The van der Waals surface area contributed by atoms with Gasteiger partial charge in [-0.3, -0.25) is 0 Å². The molecule has 1 heteroatoms. The smallest absolute Gasteiger partial charge is 0.124 e. The maximum absolute atomic E-state index is 10.1. The molecular weight excluding hydrogens is 136 g/mol. The van der Waals surface area contributed by atoms with E-state index in [1.807, 2.05) is 37.6 Å². The predicted octanol–water partition coefficient (Wildman–Crippen LogP) is 2.00. The molecule has 0 fully saturated rings. The molecule has 1 radical (unpaired) electrons. The van der Waals surface area contributed by atoms with E-state index in [9.17, 15) is 4.79 Å². The van der Waals surface area contributed by atoms with E-state index in [0.29, 0.717) is 6.42 Å². The number of aldehydes is 1. The summed E-state index contributed by atoms with van der Waals surface area (Å²) in [5, 5.41) is 0. The molecule has 0 aliphatic heterocycles. The van der Waals surface area contributed by atoms with Gasteiger partial charge in [0.05, 0.1) is 0 Å². The van der Waals surface area contributed by atoms with Crippen molar-refractivity contribution in [1.29, 1.82) is 0 Å². The molecule has 0 bridgehead atoms. The monoisotopic (exact) mass is 147 g/mol. The van der Waals surface area contributed by atoms with Crippen LogP contribution in [-0.4, -0.2) is 6.29 Å². The Kier molecular flexibility index (Phi) is 2.84. The average Bonchev–Trinajstić information content (AvgIpc) is 2.07. The van der Waals surface area contributed by atoms with Crippen LogP contribution in [0, 0.1) is 6.42 Å². The Balaban J connectivity index is 2.74. The van der Waals surface area contributed by atoms with Gasteiger partial charge in [0.1, 0.15) is 6.29 Å². The van der Waals surface area contributed by atoms with Gasteiger partial charge in [0.2, 0.25) is 0 Å². The standard InChI is InChI=1S/C10H11O/c1-2-9-3-5-10(6-4-9)7-8-11/h2-6,8H,7H2,1H3. The summed E-state index contributed by atoms with van der Waals surface area (Å²) >= 11 is 0. The molecule has 11 heavy (non-hydrogen) atoms. The summed E-state index contributed by atoms with van der Waals surface area (Å²) in [5.41, 5.74) is 2.27. The molecule has 0 unspecified atom stereocenters. The topological polar surface area (TPSA) is 17.1 Å². The highest BCUT2D eigenvalue weighted by Crippen LogP contribution is 2.05. The minimum Gasteiger partial charge on any atom is -0.303 e. The van der Waals surface area contributed by atoms with Crippen LogP contribution in [0.15, 0.2) is 24.3 Å². The zero-order valence-corrected chi connectivity index (χ0v) is 6.58. The van der Waals surface area contributed by atoms with Gasteiger partial charge in [-0.1, -0.05) is 31.2 Å². The molecule has 0 aliphatic rings. The summed E-state index contributed by atoms with van der Waals surface area (Å²) < 4.78 is 0. The van der Waals surface area contributed by atoms with Crippen molar-refractivity contribution in [2.24, 2.45) is 0 Å². The Bertz CT molecular complexity index is 223. The lowest BCUT2D eigenvalue weighted by Gasteiger charge is -1.96. The van der Waals surface area contributed by atoms with E-state index >= 15 is 0 Å². The minimum absolute atomic E-state index is 0.518. The van der Waals surface area contributed by atoms with Crippen molar-refractivity contribution in [3.05, 3.63) is 41.8 Å². The lowest BCUT2D eigenvalue weighted by molar-refractivity contribution is -0.107. The summed E-state index contributed by atoms with van der Waals surface area (Å²) in [5.74, 6) is 0. The molecule has 1 rings (SSSR count). The van der Waals surface area contributed by atoms with Crippen LogP contribution in [0.5, 0.6) is 0 Å². The molecule has 0 atom stereocenters. The van der Waals surface area contributed by atoms with E-state index < -0.39 is 0 Å². The van der Waals surface area contributed by atoms with Gasteiger partial charge in [-0.15, -0.1) is 0 Å². The van der Waals surface area contributed by atoms with Crippen molar-refractivity contribution in [2.45, 2.75) is 13.3 Å². The predicted molar refractivity (Wildman–Crippen MR) is 45.3 cm³/mol. The van der Waals surface area contributed by atoms with Gasteiger partial charge < -0.3 is 4.79 Å². The van der Waals surface area contributed by atoms with E-state index in [2.05, 4.69) is 0 Å². The van der Waals surface area contributed by atoms with Gasteiger partial charge >= 0.3 is 0 Å². The fraction of sp³-hybridized carbons (Fsp3) is 0.200. The molecule has 0 saturated carbocycles. The fourth-order valence-electron chi connectivity index (χ4n) is 0.942. The van der Waals surface area contributed by atoms with Gasteiger partial charge in [-0.2, -0.15) is 0 Å². The van der Waals surface area contributed by atoms with Crippen molar-refractivity contribution in [3.63, 3.8) is 0 Å². The Labute approximate surface area is 67.1 Å². The molecule has 0 spiro atoms. The van der Waals surface area contributed by atoms with Crippen LogP contribution < -0.4 is 0 Å². The van der Waals surface area contributed by atoms with Gasteiger partial charge in [0.15, 0.2) is 0 Å². The summed E-state index contributed by atoms with van der Waals surface area (Å²) in [7, 11) is 0. The van der Waals surface area contributed by atoms with Crippen LogP contribution in [0.3, 0.4) is 0 Å². The van der Waals surface area contributed by atoms with Crippen molar-refractivity contribution in [1.82, 2.24) is 0 Å². The summed E-state index contributed by atoms with van der Waals surface area (Å²) in [6.45, 7) is 1.99. The van der Waals surface area contributed by atoms with Crippen LogP contribution in [0.2, 0.25) is 0 Å². The lowest BCUT2D eigenvalue weighted by atomic mass is 10.1. The van der Waals surface area contributed by atoms with Gasteiger partial charge in [0.25, 0.3) is 0 Å². The van der Waals surface area contributed by atoms with Crippen LogP contribution >= 0.6 is 0 Å². The molecule has 0 heterocycles.